The van der Waals surface area contributed by atoms with Gasteiger partial charge in [0.25, 0.3) is 0 Å². The Bertz CT molecular complexity index is 364. The summed E-state index contributed by atoms with van der Waals surface area (Å²) in [6.45, 7) is 13.1. The Labute approximate surface area is 153 Å². The third kappa shape index (κ3) is 8.88. The van der Waals surface area contributed by atoms with Crippen molar-refractivity contribution in [3.63, 3.8) is 0 Å². The van der Waals surface area contributed by atoms with Crippen molar-refractivity contribution in [2.75, 3.05) is 59.1 Å². The van der Waals surface area contributed by atoms with Crippen LogP contribution in [0.3, 0.4) is 0 Å². The number of likely N-dealkylation sites (tertiary alicyclic amines) is 1. The molecule has 0 saturated carbocycles. The standard InChI is InChI=1S/C19H38N4O2/c1-3-20-19(22-10-13-23-11-7-17(2)8-12-23)21-9-5-14-24-16-18-6-4-15-25-18/h17-18H,3-16H2,1-2H3,(H2,20,21,22). The molecule has 0 amide bonds. The average Bonchev–Trinajstić information content (AvgIpc) is 3.13. The van der Waals surface area contributed by atoms with Crippen LogP contribution in [0.15, 0.2) is 4.99 Å². The molecule has 146 valence electrons. The Balaban J connectivity index is 1.52. The number of piperidine rings is 1. The minimum absolute atomic E-state index is 0.320. The second-order valence-electron chi connectivity index (χ2n) is 7.28. The van der Waals surface area contributed by atoms with E-state index in [0.29, 0.717) is 6.10 Å². The first kappa shape index (κ1) is 20.5. The van der Waals surface area contributed by atoms with E-state index in [1.165, 1.54) is 32.4 Å². The molecule has 2 aliphatic heterocycles. The molecular weight excluding hydrogens is 316 g/mol. The van der Waals surface area contributed by atoms with Crippen molar-refractivity contribution in [3.8, 4) is 0 Å². The van der Waals surface area contributed by atoms with Gasteiger partial charge in [-0.25, -0.2) is 0 Å². The fourth-order valence-corrected chi connectivity index (χ4v) is 3.31. The molecule has 0 spiro atoms. The topological polar surface area (TPSA) is 58.1 Å². The molecule has 0 radical (unpaired) electrons. The molecule has 6 heteroatoms. The highest BCUT2D eigenvalue weighted by atomic mass is 16.5. The van der Waals surface area contributed by atoms with Crippen molar-refractivity contribution in [3.05, 3.63) is 0 Å². The molecule has 0 aromatic heterocycles. The SMILES string of the molecule is CCNC(=NCCCOCC1CCCO1)NCCN1CCC(C)CC1. The number of ether oxygens (including phenoxy) is 2. The van der Waals surface area contributed by atoms with Crippen LogP contribution in [0.25, 0.3) is 0 Å². The van der Waals surface area contributed by atoms with E-state index in [4.69, 9.17) is 9.47 Å². The van der Waals surface area contributed by atoms with Gasteiger partial charge >= 0.3 is 0 Å². The van der Waals surface area contributed by atoms with Gasteiger partial charge in [0.05, 0.1) is 12.7 Å². The maximum Gasteiger partial charge on any atom is 0.191 e. The second kappa shape index (κ2) is 12.5. The van der Waals surface area contributed by atoms with Crippen LogP contribution in [0.4, 0.5) is 0 Å². The monoisotopic (exact) mass is 354 g/mol. The molecule has 1 atom stereocenters. The minimum atomic E-state index is 0.320. The van der Waals surface area contributed by atoms with Gasteiger partial charge in [0, 0.05) is 39.4 Å². The van der Waals surface area contributed by atoms with E-state index in [1.807, 2.05) is 0 Å². The van der Waals surface area contributed by atoms with Crippen molar-refractivity contribution in [1.29, 1.82) is 0 Å². The molecular formula is C19H38N4O2. The smallest absolute Gasteiger partial charge is 0.191 e. The molecule has 2 aliphatic rings. The lowest BCUT2D eigenvalue weighted by Gasteiger charge is -2.30. The molecule has 2 heterocycles. The van der Waals surface area contributed by atoms with E-state index in [0.717, 1.165) is 70.7 Å². The van der Waals surface area contributed by atoms with Crippen LogP contribution in [0.5, 0.6) is 0 Å². The minimum Gasteiger partial charge on any atom is -0.379 e. The van der Waals surface area contributed by atoms with E-state index >= 15 is 0 Å². The third-order valence-electron chi connectivity index (χ3n) is 4.99. The summed E-state index contributed by atoms with van der Waals surface area (Å²) in [5.74, 6) is 1.82. The average molecular weight is 355 g/mol. The van der Waals surface area contributed by atoms with E-state index < -0.39 is 0 Å². The van der Waals surface area contributed by atoms with Gasteiger partial charge in [-0.05, 0) is 58.0 Å². The Kier molecular flexibility index (Phi) is 10.2. The fourth-order valence-electron chi connectivity index (χ4n) is 3.31. The van der Waals surface area contributed by atoms with Gasteiger partial charge in [-0.2, -0.15) is 0 Å². The molecule has 0 aromatic rings. The zero-order valence-corrected chi connectivity index (χ0v) is 16.3. The first-order valence-electron chi connectivity index (χ1n) is 10.2. The summed E-state index contributed by atoms with van der Waals surface area (Å²) in [4.78, 5) is 7.19. The number of hydrogen-bond donors (Lipinski definition) is 2. The first-order chi connectivity index (χ1) is 12.3. The maximum atomic E-state index is 5.69. The van der Waals surface area contributed by atoms with E-state index in [9.17, 15) is 0 Å². The second-order valence-corrected chi connectivity index (χ2v) is 7.28. The highest BCUT2D eigenvalue weighted by Gasteiger charge is 2.15. The van der Waals surface area contributed by atoms with Gasteiger partial charge in [0.15, 0.2) is 5.96 Å². The van der Waals surface area contributed by atoms with Crippen LogP contribution in [-0.2, 0) is 9.47 Å². The molecule has 6 nitrogen and oxygen atoms in total. The molecule has 1 unspecified atom stereocenters. The van der Waals surface area contributed by atoms with Crippen LogP contribution in [-0.4, -0.2) is 76.1 Å². The van der Waals surface area contributed by atoms with Crippen LogP contribution in [0, 0.1) is 5.92 Å². The third-order valence-corrected chi connectivity index (χ3v) is 4.99. The van der Waals surface area contributed by atoms with Gasteiger partial charge in [-0.3, -0.25) is 4.99 Å². The van der Waals surface area contributed by atoms with Crippen LogP contribution >= 0.6 is 0 Å². The number of nitrogens with zero attached hydrogens (tertiary/aromatic N) is 2. The largest absolute Gasteiger partial charge is 0.379 e. The maximum absolute atomic E-state index is 5.69. The fraction of sp³-hybridized carbons (Fsp3) is 0.947. The van der Waals surface area contributed by atoms with Gasteiger partial charge < -0.3 is 25.0 Å². The molecule has 2 N–H and O–H groups in total. The van der Waals surface area contributed by atoms with E-state index in [1.54, 1.807) is 0 Å². The molecule has 0 aromatic carbocycles. The summed E-state index contributed by atoms with van der Waals surface area (Å²) in [7, 11) is 0. The lowest BCUT2D eigenvalue weighted by molar-refractivity contribution is 0.0171. The normalized spacial score (nSPS) is 23.1. The Morgan fingerprint density at radius 3 is 2.80 bits per heavy atom. The molecule has 2 fully saturated rings. The predicted octanol–water partition coefficient (Wildman–Crippen LogP) is 1.86. The Morgan fingerprint density at radius 1 is 1.24 bits per heavy atom. The zero-order valence-electron chi connectivity index (χ0n) is 16.3. The summed E-state index contributed by atoms with van der Waals surface area (Å²) < 4.78 is 11.2. The zero-order chi connectivity index (χ0) is 17.7. The highest BCUT2D eigenvalue weighted by molar-refractivity contribution is 5.79. The van der Waals surface area contributed by atoms with Crippen molar-refractivity contribution in [1.82, 2.24) is 15.5 Å². The summed E-state index contributed by atoms with van der Waals surface area (Å²) in [5.41, 5.74) is 0. The van der Waals surface area contributed by atoms with Gasteiger partial charge in [-0.1, -0.05) is 6.92 Å². The van der Waals surface area contributed by atoms with Crippen molar-refractivity contribution in [2.45, 2.75) is 52.1 Å². The van der Waals surface area contributed by atoms with Crippen molar-refractivity contribution < 1.29 is 9.47 Å². The first-order valence-corrected chi connectivity index (χ1v) is 10.2. The van der Waals surface area contributed by atoms with Crippen LogP contribution in [0.1, 0.15) is 46.0 Å². The quantitative estimate of drug-likeness (QED) is 0.356. The van der Waals surface area contributed by atoms with Gasteiger partial charge in [-0.15, -0.1) is 0 Å². The van der Waals surface area contributed by atoms with Gasteiger partial charge in [0.2, 0.25) is 0 Å². The van der Waals surface area contributed by atoms with E-state index in [2.05, 4.69) is 34.4 Å². The lowest BCUT2D eigenvalue weighted by Crippen LogP contribution is -2.43. The molecule has 2 saturated heterocycles. The highest BCUT2D eigenvalue weighted by Crippen LogP contribution is 2.15. The predicted molar refractivity (Wildman–Crippen MR) is 103 cm³/mol. The number of guanidine groups is 1. The van der Waals surface area contributed by atoms with Crippen molar-refractivity contribution in [2.24, 2.45) is 10.9 Å². The molecule has 25 heavy (non-hydrogen) atoms. The number of nitrogens with one attached hydrogen (secondary N) is 2. The molecule has 0 aliphatic carbocycles. The lowest BCUT2D eigenvalue weighted by atomic mass is 9.99. The number of rotatable bonds is 10. The Hall–Kier alpha value is -0.850. The van der Waals surface area contributed by atoms with Crippen LogP contribution in [0.2, 0.25) is 0 Å². The summed E-state index contributed by atoms with van der Waals surface area (Å²) in [5, 5.41) is 6.77. The van der Waals surface area contributed by atoms with Gasteiger partial charge in [0.1, 0.15) is 0 Å². The summed E-state index contributed by atoms with van der Waals surface area (Å²) in [6, 6.07) is 0. The number of hydrogen-bond acceptors (Lipinski definition) is 4. The number of aliphatic imine (C=N–C) groups is 1. The summed E-state index contributed by atoms with van der Waals surface area (Å²) >= 11 is 0. The van der Waals surface area contributed by atoms with Crippen molar-refractivity contribution >= 4 is 5.96 Å². The summed E-state index contributed by atoms with van der Waals surface area (Å²) in [6.07, 6.45) is 6.25. The Morgan fingerprint density at radius 2 is 2.08 bits per heavy atom. The molecule has 0 bridgehead atoms. The van der Waals surface area contributed by atoms with E-state index in [-0.39, 0.29) is 0 Å². The van der Waals surface area contributed by atoms with Crippen LogP contribution < -0.4 is 10.6 Å². The molecule has 2 rings (SSSR count).